The van der Waals surface area contributed by atoms with Gasteiger partial charge in [0, 0.05) is 62.5 Å². The molecule has 6 heteroatoms. The number of nitrogens with zero attached hydrogens (tertiary/aromatic N) is 2. The minimum absolute atomic E-state index is 0.0287. The molecule has 390 valence electrons. The van der Waals surface area contributed by atoms with E-state index in [9.17, 15) is 0 Å². The van der Waals surface area contributed by atoms with Crippen molar-refractivity contribution in [2.75, 3.05) is 0 Å². The van der Waals surface area contributed by atoms with E-state index in [1.807, 2.05) is 22.7 Å². The standard InChI is InChI=1S/C78H50B2N2S2/c1-4-19-51(20-5-1)53-23-16-25-55(43-53)79(56-26-17-24-54(44-56)52-21-6-2-7-22-52)57-27-18-30-62(45-57)82-71-34-13-10-31-63(71)67-49-68-66-46-58(37-40-72(66)81(74(68)50-73(67)82)61-28-8-3-9-29-61)80(59-38-41-77-69(47-59)64-32-11-14-35-75(64)83-77)60-39-42-78-70(48-60)65-33-12-15-36-76(65)84-78/h1-50H. The van der Waals surface area contributed by atoms with Crippen molar-refractivity contribution >= 4 is 153 Å². The maximum absolute atomic E-state index is 2.52. The molecule has 0 spiro atoms. The van der Waals surface area contributed by atoms with Gasteiger partial charge in [0.25, 0.3) is 0 Å². The number of thiophene rings is 2. The van der Waals surface area contributed by atoms with Crippen molar-refractivity contribution in [3.8, 4) is 33.6 Å². The van der Waals surface area contributed by atoms with Crippen LogP contribution >= 0.6 is 22.7 Å². The average Bonchev–Trinajstić information content (AvgIpc) is 4.01. The second kappa shape index (κ2) is 19.9. The topological polar surface area (TPSA) is 9.86 Å². The molecular weight excluding hydrogens is 1050 g/mol. The van der Waals surface area contributed by atoms with Gasteiger partial charge >= 0.3 is 0 Å². The molecule has 4 heterocycles. The number of hydrogen-bond donors (Lipinski definition) is 0. The number of aromatic nitrogens is 2. The van der Waals surface area contributed by atoms with Crippen molar-refractivity contribution < 1.29 is 0 Å². The van der Waals surface area contributed by atoms with Crippen molar-refractivity contribution in [3.05, 3.63) is 303 Å². The Morgan fingerprint density at radius 1 is 0.202 bits per heavy atom. The fourth-order valence-electron chi connectivity index (χ4n) is 13.7. The van der Waals surface area contributed by atoms with Gasteiger partial charge in [-0.05, 0) is 106 Å². The normalized spacial score (nSPS) is 11.8. The van der Waals surface area contributed by atoms with Gasteiger partial charge in [-0.15, -0.1) is 22.7 Å². The molecule has 84 heavy (non-hydrogen) atoms. The molecule has 0 aliphatic heterocycles. The maximum atomic E-state index is 2.52. The zero-order chi connectivity index (χ0) is 55.2. The molecule has 0 aliphatic carbocycles. The summed E-state index contributed by atoms with van der Waals surface area (Å²) in [6.45, 7) is -0.0762. The molecular formula is C78H50B2N2S2. The summed E-state index contributed by atoms with van der Waals surface area (Å²) in [5, 5.41) is 10.2. The van der Waals surface area contributed by atoms with Crippen LogP contribution in [0.1, 0.15) is 0 Å². The minimum Gasteiger partial charge on any atom is -0.309 e. The first-order valence-electron chi connectivity index (χ1n) is 28.9. The minimum atomic E-state index is -0.0475. The third-order valence-corrected chi connectivity index (χ3v) is 19.8. The first kappa shape index (κ1) is 48.7. The van der Waals surface area contributed by atoms with Crippen molar-refractivity contribution in [1.29, 1.82) is 0 Å². The number of benzene rings is 13. The fraction of sp³-hybridized carbons (Fsp3) is 0. The molecule has 0 bridgehead atoms. The maximum Gasteiger partial charge on any atom is 0.241 e. The Kier molecular flexibility index (Phi) is 11.5. The van der Waals surface area contributed by atoms with Gasteiger partial charge in [0.1, 0.15) is 0 Å². The Balaban J connectivity index is 0.875. The molecule has 0 saturated carbocycles. The van der Waals surface area contributed by atoms with Gasteiger partial charge in [0.2, 0.25) is 13.4 Å². The first-order chi connectivity index (χ1) is 41.6. The largest absolute Gasteiger partial charge is 0.309 e. The lowest BCUT2D eigenvalue weighted by Crippen LogP contribution is -2.52. The van der Waals surface area contributed by atoms with E-state index in [0.717, 1.165) is 11.4 Å². The van der Waals surface area contributed by atoms with Crippen LogP contribution in [-0.2, 0) is 0 Å². The average molecular weight is 1100 g/mol. The van der Waals surface area contributed by atoms with Crippen LogP contribution in [0, 0.1) is 0 Å². The predicted molar refractivity (Wildman–Crippen MR) is 367 cm³/mol. The van der Waals surface area contributed by atoms with Gasteiger partial charge < -0.3 is 9.13 Å². The highest BCUT2D eigenvalue weighted by molar-refractivity contribution is 7.26. The van der Waals surface area contributed by atoms with Gasteiger partial charge in [-0.1, -0.05) is 263 Å². The third kappa shape index (κ3) is 8.08. The molecule has 0 saturated heterocycles. The van der Waals surface area contributed by atoms with E-state index in [4.69, 9.17) is 0 Å². The van der Waals surface area contributed by atoms with Crippen LogP contribution in [0.5, 0.6) is 0 Å². The van der Waals surface area contributed by atoms with Crippen LogP contribution in [0.4, 0.5) is 0 Å². The zero-order valence-corrected chi connectivity index (χ0v) is 47.4. The molecule has 2 nitrogen and oxygen atoms in total. The molecule has 0 radical (unpaired) electrons. The summed E-state index contributed by atoms with van der Waals surface area (Å²) in [4.78, 5) is 0. The number of fused-ring (bicyclic) bond motifs is 12. The van der Waals surface area contributed by atoms with Crippen LogP contribution in [0.2, 0.25) is 0 Å². The molecule has 0 N–H and O–H groups in total. The molecule has 13 aromatic carbocycles. The lowest BCUT2D eigenvalue weighted by molar-refractivity contribution is 1.17. The Labute approximate surface area is 495 Å². The SMILES string of the molecule is c1ccc(-c2cccc(B(c3cccc(-c4ccccc4)c3)c3cccc(-n4c5ccccc5c5cc6c7cc(B(c8ccc9sc%10ccccc%10c9c8)c8ccc9sc%10ccccc%10c9c8)ccc7n(-c7ccccc7)c6cc54)c3)c2)cc1. The van der Waals surface area contributed by atoms with E-state index >= 15 is 0 Å². The van der Waals surface area contributed by atoms with E-state index in [0.29, 0.717) is 0 Å². The van der Waals surface area contributed by atoms with Gasteiger partial charge in [-0.3, -0.25) is 0 Å². The highest BCUT2D eigenvalue weighted by Crippen LogP contribution is 2.40. The van der Waals surface area contributed by atoms with E-state index in [-0.39, 0.29) is 13.4 Å². The van der Waals surface area contributed by atoms with Gasteiger partial charge in [0.05, 0.1) is 22.1 Å². The summed E-state index contributed by atoms with van der Waals surface area (Å²) in [6, 6.07) is 114. The Bertz CT molecular complexity index is 5210. The highest BCUT2D eigenvalue weighted by Gasteiger charge is 2.28. The lowest BCUT2D eigenvalue weighted by atomic mass is 9.36. The second-order valence-electron chi connectivity index (χ2n) is 22.3. The van der Waals surface area contributed by atoms with Crippen LogP contribution in [0.25, 0.3) is 118 Å². The van der Waals surface area contributed by atoms with Crippen molar-refractivity contribution in [3.63, 3.8) is 0 Å². The number of hydrogen-bond acceptors (Lipinski definition) is 2. The van der Waals surface area contributed by atoms with E-state index in [1.54, 1.807) is 0 Å². The van der Waals surface area contributed by atoms with Crippen molar-refractivity contribution in [1.82, 2.24) is 9.13 Å². The lowest BCUT2D eigenvalue weighted by Gasteiger charge is -2.19. The molecule has 4 aromatic heterocycles. The van der Waals surface area contributed by atoms with Crippen molar-refractivity contribution in [2.45, 2.75) is 0 Å². The summed E-state index contributed by atoms with van der Waals surface area (Å²) < 4.78 is 10.3. The predicted octanol–water partition coefficient (Wildman–Crippen LogP) is 17.0. The Morgan fingerprint density at radius 2 is 0.583 bits per heavy atom. The molecule has 17 aromatic rings. The molecule has 0 aliphatic rings. The van der Waals surface area contributed by atoms with E-state index in [2.05, 4.69) is 312 Å². The number of rotatable bonds is 10. The monoisotopic (exact) mass is 1100 g/mol. The zero-order valence-electron chi connectivity index (χ0n) is 45.7. The van der Waals surface area contributed by atoms with E-state index in [1.165, 1.54) is 139 Å². The quantitative estimate of drug-likeness (QED) is 0.121. The van der Waals surface area contributed by atoms with E-state index < -0.39 is 0 Å². The molecule has 0 amide bonds. The summed E-state index contributed by atoms with van der Waals surface area (Å²) in [7, 11) is 0. The van der Waals surface area contributed by atoms with Crippen LogP contribution < -0.4 is 32.8 Å². The Hall–Kier alpha value is -9.97. The molecule has 0 unspecified atom stereocenters. The van der Waals surface area contributed by atoms with Gasteiger partial charge in [0.15, 0.2) is 0 Å². The summed E-state index contributed by atoms with van der Waals surface area (Å²) in [6.07, 6.45) is 0. The van der Waals surface area contributed by atoms with Crippen LogP contribution in [0.3, 0.4) is 0 Å². The first-order valence-corrected chi connectivity index (χ1v) is 30.6. The van der Waals surface area contributed by atoms with Crippen LogP contribution in [-0.4, -0.2) is 22.6 Å². The summed E-state index contributed by atoms with van der Waals surface area (Å²) in [5.74, 6) is 0. The third-order valence-electron chi connectivity index (χ3n) is 17.5. The highest BCUT2D eigenvalue weighted by atomic mass is 32.1. The summed E-state index contributed by atoms with van der Waals surface area (Å²) >= 11 is 3.76. The molecule has 17 rings (SSSR count). The fourth-order valence-corrected chi connectivity index (χ4v) is 15.9. The van der Waals surface area contributed by atoms with Crippen LogP contribution in [0.15, 0.2) is 303 Å². The number of para-hydroxylation sites is 2. The Morgan fingerprint density at radius 3 is 1.17 bits per heavy atom. The second-order valence-corrected chi connectivity index (χ2v) is 24.5. The smallest absolute Gasteiger partial charge is 0.241 e. The summed E-state index contributed by atoms with van der Waals surface area (Å²) in [5.41, 5.74) is 19.4. The van der Waals surface area contributed by atoms with Gasteiger partial charge in [-0.25, -0.2) is 0 Å². The van der Waals surface area contributed by atoms with Crippen molar-refractivity contribution in [2.24, 2.45) is 0 Å². The molecule has 0 atom stereocenters. The molecule has 0 fully saturated rings. The van der Waals surface area contributed by atoms with Gasteiger partial charge in [-0.2, -0.15) is 0 Å².